The van der Waals surface area contributed by atoms with Crippen LogP contribution in [-0.2, 0) is 0 Å². The quantitative estimate of drug-likeness (QED) is 0.173. The van der Waals surface area contributed by atoms with Crippen molar-refractivity contribution < 1.29 is 4.42 Å². The van der Waals surface area contributed by atoms with Gasteiger partial charge in [-0.05, 0) is 64.7 Å². The number of benzene rings is 5. The normalized spacial score (nSPS) is 11.5. The Morgan fingerprint density at radius 2 is 1.04 bits per heavy atom. The van der Waals surface area contributed by atoms with Crippen molar-refractivity contribution in [3.05, 3.63) is 170 Å². The number of rotatable bonds is 5. The van der Waals surface area contributed by atoms with E-state index in [-0.39, 0.29) is 0 Å². The average molecular weight is 653 g/mol. The second kappa shape index (κ2) is 11.9. The van der Waals surface area contributed by atoms with Crippen molar-refractivity contribution in [1.29, 1.82) is 0 Å². The molecule has 0 radical (unpaired) electrons. The Morgan fingerprint density at radius 3 is 1.84 bits per heavy atom. The SMILES string of the molecule is c1ccc(-c2ccc(-c3cc(-c4ccc(-c5nc6ccncc6c6c5ccc5c7ccccc7oc56)cc4)cc(-c4cccnc4)n3)cc2)cc1. The largest absolute Gasteiger partial charge is 0.455 e. The van der Waals surface area contributed by atoms with Gasteiger partial charge < -0.3 is 4.42 Å². The molecule has 0 bridgehead atoms. The number of fused-ring (bicyclic) bond motifs is 7. The van der Waals surface area contributed by atoms with Crippen molar-refractivity contribution in [2.24, 2.45) is 0 Å². The zero-order chi connectivity index (χ0) is 33.7. The summed E-state index contributed by atoms with van der Waals surface area (Å²) >= 11 is 0. The fourth-order valence-corrected chi connectivity index (χ4v) is 7.12. The molecule has 0 atom stereocenters. The van der Waals surface area contributed by atoms with E-state index in [2.05, 4.69) is 119 Å². The van der Waals surface area contributed by atoms with E-state index in [9.17, 15) is 0 Å². The first-order chi connectivity index (χ1) is 25.3. The lowest BCUT2D eigenvalue weighted by molar-refractivity contribution is 0.673. The second-order valence-electron chi connectivity index (χ2n) is 12.7. The van der Waals surface area contributed by atoms with E-state index >= 15 is 0 Å². The van der Waals surface area contributed by atoms with Gasteiger partial charge in [-0.2, -0.15) is 0 Å². The number of pyridine rings is 4. The highest BCUT2D eigenvalue weighted by Crippen LogP contribution is 2.41. The maximum Gasteiger partial charge on any atom is 0.144 e. The molecule has 238 valence electrons. The summed E-state index contributed by atoms with van der Waals surface area (Å²) in [5.74, 6) is 0. The van der Waals surface area contributed by atoms with Gasteiger partial charge in [-0.1, -0.05) is 103 Å². The Hall–Kier alpha value is -6.98. The minimum atomic E-state index is 0.857. The van der Waals surface area contributed by atoms with Gasteiger partial charge in [-0.15, -0.1) is 0 Å². The first-order valence-electron chi connectivity index (χ1n) is 16.9. The molecule has 0 saturated carbocycles. The molecule has 5 heteroatoms. The van der Waals surface area contributed by atoms with Crippen LogP contribution in [0.15, 0.2) is 175 Å². The third-order valence-electron chi connectivity index (χ3n) is 9.66. The molecule has 0 unspecified atom stereocenters. The number of hydrogen-bond donors (Lipinski definition) is 0. The highest BCUT2D eigenvalue weighted by atomic mass is 16.3. The summed E-state index contributed by atoms with van der Waals surface area (Å²) in [4.78, 5) is 19.1. The fourth-order valence-electron chi connectivity index (χ4n) is 7.12. The monoisotopic (exact) mass is 652 g/mol. The van der Waals surface area contributed by atoms with Crippen LogP contribution in [0, 0.1) is 0 Å². The van der Waals surface area contributed by atoms with Crippen LogP contribution in [0.3, 0.4) is 0 Å². The van der Waals surface area contributed by atoms with Crippen molar-refractivity contribution in [3.63, 3.8) is 0 Å². The molecule has 5 aromatic heterocycles. The number of hydrogen-bond acceptors (Lipinski definition) is 5. The number of furan rings is 1. The fraction of sp³-hybridized carbons (Fsp3) is 0. The van der Waals surface area contributed by atoms with Gasteiger partial charge in [0.25, 0.3) is 0 Å². The minimum Gasteiger partial charge on any atom is -0.455 e. The third kappa shape index (κ3) is 5.03. The molecule has 10 rings (SSSR count). The molecule has 0 saturated heterocycles. The Balaban J connectivity index is 1.09. The summed E-state index contributed by atoms with van der Waals surface area (Å²) in [6.45, 7) is 0. The van der Waals surface area contributed by atoms with E-state index in [1.54, 1.807) is 12.4 Å². The number of aromatic nitrogens is 4. The molecule has 5 aromatic carbocycles. The van der Waals surface area contributed by atoms with Gasteiger partial charge in [-0.25, -0.2) is 9.97 Å². The third-order valence-corrected chi connectivity index (χ3v) is 9.66. The zero-order valence-corrected chi connectivity index (χ0v) is 27.4. The van der Waals surface area contributed by atoms with Crippen LogP contribution >= 0.6 is 0 Å². The molecule has 10 aromatic rings. The van der Waals surface area contributed by atoms with Crippen LogP contribution in [0.1, 0.15) is 0 Å². The minimum absolute atomic E-state index is 0.857. The summed E-state index contributed by atoms with van der Waals surface area (Å²) in [6.07, 6.45) is 7.33. The van der Waals surface area contributed by atoms with Crippen LogP contribution < -0.4 is 0 Å². The molecule has 0 N–H and O–H groups in total. The summed E-state index contributed by atoms with van der Waals surface area (Å²) in [5, 5.41) is 5.21. The molecule has 0 amide bonds. The van der Waals surface area contributed by atoms with Crippen LogP contribution in [0.25, 0.3) is 99.6 Å². The molecule has 0 aliphatic rings. The first-order valence-corrected chi connectivity index (χ1v) is 16.9. The molecule has 5 nitrogen and oxygen atoms in total. The van der Waals surface area contributed by atoms with Gasteiger partial charge in [0.2, 0.25) is 0 Å². The maximum absolute atomic E-state index is 6.50. The van der Waals surface area contributed by atoms with Crippen molar-refractivity contribution in [3.8, 4) is 56.0 Å². The van der Waals surface area contributed by atoms with Gasteiger partial charge in [0.15, 0.2) is 0 Å². The van der Waals surface area contributed by atoms with Crippen LogP contribution in [0.4, 0.5) is 0 Å². The van der Waals surface area contributed by atoms with Crippen molar-refractivity contribution in [2.45, 2.75) is 0 Å². The zero-order valence-electron chi connectivity index (χ0n) is 27.4. The van der Waals surface area contributed by atoms with Gasteiger partial charge >= 0.3 is 0 Å². The maximum atomic E-state index is 6.50. The van der Waals surface area contributed by atoms with Gasteiger partial charge in [-0.3, -0.25) is 9.97 Å². The van der Waals surface area contributed by atoms with Crippen LogP contribution in [0.5, 0.6) is 0 Å². The summed E-state index contributed by atoms with van der Waals surface area (Å²) in [5.41, 5.74) is 12.9. The molecular weight excluding hydrogens is 625 g/mol. The van der Waals surface area contributed by atoms with E-state index < -0.39 is 0 Å². The Labute approximate surface area is 293 Å². The molecule has 0 aliphatic carbocycles. The van der Waals surface area contributed by atoms with E-state index in [0.29, 0.717) is 0 Å². The molecular formula is C46H28N4O. The van der Waals surface area contributed by atoms with E-state index in [0.717, 1.165) is 88.5 Å². The van der Waals surface area contributed by atoms with Crippen molar-refractivity contribution >= 4 is 43.6 Å². The lowest BCUT2D eigenvalue weighted by Gasteiger charge is -2.13. The van der Waals surface area contributed by atoms with E-state index in [1.165, 1.54) is 11.1 Å². The molecule has 0 spiro atoms. The van der Waals surface area contributed by atoms with E-state index in [1.807, 2.05) is 48.8 Å². The topological polar surface area (TPSA) is 64.7 Å². The standard InChI is InChI=1S/C46H28N4O/c1-2-7-29(8-3-1)30-12-16-32(17-13-30)41-25-35(26-42(49-41)34-9-6-23-47-27-34)31-14-18-33(19-15-31)45-38-21-20-37-36-10-4-5-11-43(36)51-46(37)44(38)39-28-48-24-22-40(39)50-45/h1-28H. The first kappa shape index (κ1) is 29.0. The average Bonchev–Trinajstić information content (AvgIpc) is 3.60. The molecule has 0 fully saturated rings. The van der Waals surface area contributed by atoms with Gasteiger partial charge in [0.05, 0.1) is 22.6 Å². The summed E-state index contributed by atoms with van der Waals surface area (Å²) in [6, 6.07) is 50.5. The molecule has 0 aliphatic heterocycles. The van der Waals surface area contributed by atoms with Crippen molar-refractivity contribution in [2.75, 3.05) is 0 Å². The van der Waals surface area contributed by atoms with E-state index in [4.69, 9.17) is 14.4 Å². The Morgan fingerprint density at radius 1 is 0.392 bits per heavy atom. The number of nitrogens with zero attached hydrogens (tertiary/aromatic N) is 4. The number of para-hydroxylation sites is 1. The highest BCUT2D eigenvalue weighted by molar-refractivity contribution is 6.24. The summed E-state index contributed by atoms with van der Waals surface area (Å²) in [7, 11) is 0. The van der Waals surface area contributed by atoms with Gasteiger partial charge in [0, 0.05) is 68.4 Å². The predicted molar refractivity (Wildman–Crippen MR) is 207 cm³/mol. The van der Waals surface area contributed by atoms with Crippen molar-refractivity contribution in [1.82, 2.24) is 19.9 Å². The van der Waals surface area contributed by atoms with Crippen LogP contribution in [-0.4, -0.2) is 19.9 Å². The van der Waals surface area contributed by atoms with Gasteiger partial charge in [0.1, 0.15) is 11.2 Å². The smallest absolute Gasteiger partial charge is 0.144 e. The Bertz CT molecular complexity index is 2880. The molecule has 51 heavy (non-hydrogen) atoms. The van der Waals surface area contributed by atoms with Crippen LogP contribution in [0.2, 0.25) is 0 Å². The summed E-state index contributed by atoms with van der Waals surface area (Å²) < 4.78 is 6.50. The molecule has 5 heterocycles. The predicted octanol–water partition coefficient (Wildman–Crippen LogP) is 11.8. The second-order valence-corrected chi connectivity index (χ2v) is 12.7. The lowest BCUT2D eigenvalue weighted by Crippen LogP contribution is -1.93. The highest BCUT2D eigenvalue weighted by Gasteiger charge is 2.18. The Kier molecular flexibility index (Phi) is 6.74. The lowest BCUT2D eigenvalue weighted by atomic mass is 9.96.